The van der Waals surface area contributed by atoms with Gasteiger partial charge in [-0.1, -0.05) is 0 Å². The van der Waals surface area contributed by atoms with Gasteiger partial charge in [-0.05, 0) is 26.7 Å². The first kappa shape index (κ1) is 14.3. The van der Waals surface area contributed by atoms with E-state index in [0.717, 1.165) is 40.7 Å². The standard InChI is InChI=1S/C13H16N2O2S3/c1-8-9(2)19-13(14-8)20(16)7-10-6-18-12(15-10)11-4-3-5-17-11/h6,11H,3-5,7H2,1-2H3/t11-,20-/m1/s1. The van der Waals surface area contributed by atoms with E-state index in [9.17, 15) is 4.21 Å². The van der Waals surface area contributed by atoms with Crippen molar-refractivity contribution in [1.29, 1.82) is 0 Å². The van der Waals surface area contributed by atoms with Gasteiger partial charge >= 0.3 is 0 Å². The third kappa shape index (κ3) is 3.00. The molecular formula is C13H16N2O2S3. The third-order valence-corrected chi connectivity index (χ3v) is 6.96. The zero-order valence-electron chi connectivity index (χ0n) is 11.4. The minimum atomic E-state index is -1.10. The van der Waals surface area contributed by atoms with Crippen LogP contribution in [0.5, 0.6) is 0 Å². The molecule has 20 heavy (non-hydrogen) atoms. The Morgan fingerprint density at radius 1 is 1.45 bits per heavy atom. The van der Waals surface area contributed by atoms with Crippen LogP contribution in [-0.2, 0) is 21.3 Å². The van der Waals surface area contributed by atoms with Crippen LogP contribution in [-0.4, -0.2) is 20.8 Å². The number of aryl methyl sites for hydroxylation is 2. The van der Waals surface area contributed by atoms with Crippen LogP contribution >= 0.6 is 22.7 Å². The molecule has 0 spiro atoms. The molecule has 0 aliphatic carbocycles. The lowest BCUT2D eigenvalue weighted by Gasteiger charge is -2.03. The van der Waals surface area contributed by atoms with Crippen molar-refractivity contribution in [3.05, 3.63) is 26.7 Å². The zero-order chi connectivity index (χ0) is 14.1. The molecule has 1 aliphatic rings. The van der Waals surface area contributed by atoms with Crippen LogP contribution in [0.25, 0.3) is 0 Å². The summed E-state index contributed by atoms with van der Waals surface area (Å²) in [5.74, 6) is 0.440. The van der Waals surface area contributed by atoms with Gasteiger partial charge in [0.25, 0.3) is 0 Å². The molecule has 0 aromatic carbocycles. The lowest BCUT2D eigenvalue weighted by molar-refractivity contribution is 0.111. The maximum absolute atomic E-state index is 12.3. The lowest BCUT2D eigenvalue weighted by atomic mass is 10.2. The van der Waals surface area contributed by atoms with Crippen LogP contribution < -0.4 is 0 Å². The van der Waals surface area contributed by atoms with Crippen LogP contribution in [0, 0.1) is 13.8 Å². The number of rotatable bonds is 4. The van der Waals surface area contributed by atoms with Crippen molar-refractivity contribution in [1.82, 2.24) is 9.97 Å². The van der Waals surface area contributed by atoms with Crippen molar-refractivity contribution < 1.29 is 8.95 Å². The summed E-state index contributed by atoms with van der Waals surface area (Å²) in [4.78, 5) is 10.1. The lowest BCUT2D eigenvalue weighted by Crippen LogP contribution is -1.99. The molecule has 3 heterocycles. The Morgan fingerprint density at radius 3 is 2.95 bits per heavy atom. The van der Waals surface area contributed by atoms with E-state index in [-0.39, 0.29) is 6.10 Å². The Kier molecular flexibility index (Phi) is 4.30. The number of nitrogens with zero attached hydrogens (tertiary/aromatic N) is 2. The smallest absolute Gasteiger partial charge is 0.181 e. The Bertz CT molecular complexity index is 610. The summed E-state index contributed by atoms with van der Waals surface area (Å²) in [6.07, 6.45) is 2.29. The molecule has 2 aromatic rings. The van der Waals surface area contributed by atoms with Crippen molar-refractivity contribution >= 4 is 33.5 Å². The van der Waals surface area contributed by atoms with Crippen LogP contribution in [0.1, 0.15) is 40.2 Å². The minimum absolute atomic E-state index is 0.145. The highest BCUT2D eigenvalue weighted by Crippen LogP contribution is 2.31. The first-order valence-electron chi connectivity index (χ1n) is 6.52. The quantitative estimate of drug-likeness (QED) is 0.863. The van der Waals surface area contributed by atoms with E-state index in [1.165, 1.54) is 11.3 Å². The van der Waals surface area contributed by atoms with Gasteiger partial charge in [0.05, 0.1) is 27.9 Å². The molecule has 108 valence electrons. The average Bonchev–Trinajstić information content (AvgIpc) is 3.11. The molecule has 3 rings (SSSR count). The number of hydrogen-bond donors (Lipinski definition) is 0. The number of thiazole rings is 2. The van der Waals surface area contributed by atoms with E-state index in [1.54, 1.807) is 11.3 Å². The molecule has 0 saturated carbocycles. The largest absolute Gasteiger partial charge is 0.371 e. The van der Waals surface area contributed by atoms with E-state index < -0.39 is 10.8 Å². The molecule has 0 radical (unpaired) electrons. The van der Waals surface area contributed by atoms with Crippen LogP contribution in [0.3, 0.4) is 0 Å². The van der Waals surface area contributed by atoms with E-state index >= 15 is 0 Å². The van der Waals surface area contributed by atoms with Crippen LogP contribution in [0.4, 0.5) is 0 Å². The third-order valence-electron chi connectivity index (χ3n) is 3.26. The summed E-state index contributed by atoms with van der Waals surface area (Å²) < 4.78 is 18.6. The SMILES string of the molecule is Cc1nc([S@](=O)Cc2csc([C@H]3CCCO3)n2)sc1C. The highest BCUT2D eigenvalue weighted by molar-refractivity contribution is 7.86. The summed E-state index contributed by atoms with van der Waals surface area (Å²) >= 11 is 3.12. The van der Waals surface area contributed by atoms with Crippen molar-refractivity contribution in [3.63, 3.8) is 0 Å². The summed E-state index contributed by atoms with van der Waals surface area (Å²) in [6.45, 7) is 4.78. The van der Waals surface area contributed by atoms with E-state index in [1.807, 2.05) is 19.2 Å². The second-order valence-electron chi connectivity index (χ2n) is 4.79. The van der Waals surface area contributed by atoms with Crippen molar-refractivity contribution in [3.8, 4) is 0 Å². The van der Waals surface area contributed by atoms with Crippen molar-refractivity contribution in [2.24, 2.45) is 0 Å². The summed E-state index contributed by atoms with van der Waals surface area (Å²) in [5.41, 5.74) is 1.85. The molecule has 1 aliphatic heterocycles. The Labute approximate surface area is 128 Å². The van der Waals surface area contributed by atoms with Gasteiger partial charge in [0.1, 0.15) is 11.1 Å². The Morgan fingerprint density at radius 2 is 2.30 bits per heavy atom. The predicted octanol–water partition coefficient (Wildman–Crippen LogP) is 3.38. The van der Waals surface area contributed by atoms with Gasteiger partial charge in [-0.15, -0.1) is 22.7 Å². The number of ether oxygens (including phenoxy) is 1. The highest BCUT2D eigenvalue weighted by Gasteiger charge is 2.21. The molecule has 0 N–H and O–H groups in total. The first-order chi connectivity index (χ1) is 9.63. The Balaban J connectivity index is 1.69. The highest BCUT2D eigenvalue weighted by atomic mass is 32.2. The molecule has 7 heteroatoms. The van der Waals surface area contributed by atoms with Gasteiger partial charge in [0.2, 0.25) is 0 Å². The molecule has 0 unspecified atom stereocenters. The summed E-state index contributed by atoms with van der Waals surface area (Å²) in [7, 11) is -1.10. The average molecular weight is 328 g/mol. The molecule has 0 bridgehead atoms. The fraction of sp³-hybridized carbons (Fsp3) is 0.538. The van der Waals surface area contributed by atoms with Crippen LogP contribution in [0.15, 0.2) is 9.72 Å². The molecular weight excluding hydrogens is 312 g/mol. The van der Waals surface area contributed by atoms with Gasteiger partial charge in [0, 0.05) is 16.9 Å². The van der Waals surface area contributed by atoms with Crippen molar-refractivity contribution in [2.75, 3.05) is 6.61 Å². The van der Waals surface area contributed by atoms with Gasteiger partial charge in [-0.2, -0.15) is 0 Å². The van der Waals surface area contributed by atoms with Gasteiger partial charge < -0.3 is 4.74 Å². The molecule has 1 fully saturated rings. The minimum Gasteiger partial charge on any atom is -0.371 e. The first-order valence-corrected chi connectivity index (χ1v) is 9.53. The number of hydrogen-bond acceptors (Lipinski definition) is 6. The monoisotopic (exact) mass is 328 g/mol. The second-order valence-corrected chi connectivity index (χ2v) is 8.51. The maximum atomic E-state index is 12.3. The number of aromatic nitrogens is 2. The molecule has 1 saturated heterocycles. The zero-order valence-corrected chi connectivity index (χ0v) is 13.9. The van der Waals surface area contributed by atoms with E-state index in [2.05, 4.69) is 9.97 Å². The molecule has 2 atom stereocenters. The summed E-state index contributed by atoms with van der Waals surface area (Å²) in [5, 5.41) is 3.00. The summed E-state index contributed by atoms with van der Waals surface area (Å²) in [6, 6.07) is 0. The fourth-order valence-corrected chi connectivity index (χ4v) is 5.39. The second kappa shape index (κ2) is 6.01. The van der Waals surface area contributed by atoms with Crippen LogP contribution in [0.2, 0.25) is 0 Å². The molecule has 2 aromatic heterocycles. The van der Waals surface area contributed by atoms with Gasteiger partial charge in [-0.3, -0.25) is 4.21 Å². The predicted molar refractivity (Wildman–Crippen MR) is 81.7 cm³/mol. The normalized spacial score (nSPS) is 20.4. The van der Waals surface area contributed by atoms with Gasteiger partial charge in [0.15, 0.2) is 4.34 Å². The molecule has 0 amide bonds. The fourth-order valence-electron chi connectivity index (χ4n) is 2.05. The van der Waals surface area contributed by atoms with Crippen molar-refractivity contribution in [2.45, 2.75) is 42.9 Å². The van der Waals surface area contributed by atoms with Gasteiger partial charge in [-0.25, -0.2) is 9.97 Å². The maximum Gasteiger partial charge on any atom is 0.181 e. The molecule has 4 nitrogen and oxygen atoms in total. The van der Waals surface area contributed by atoms with E-state index in [4.69, 9.17) is 4.74 Å². The topological polar surface area (TPSA) is 52.1 Å². The Hall–Kier alpha value is -0.630. The van der Waals surface area contributed by atoms with E-state index in [0.29, 0.717) is 10.1 Å².